The van der Waals surface area contributed by atoms with Crippen LogP contribution in [-0.4, -0.2) is 37.2 Å². The van der Waals surface area contributed by atoms with Crippen molar-refractivity contribution in [3.8, 4) is 0 Å². The van der Waals surface area contributed by atoms with E-state index < -0.39 is 0 Å². The standard InChI is InChI=1S/C15H24N2O/c1-11-6-12(2)8-14(7-11)15(9-16)17-4-5-18-13(3)10-17/h6-8,13,15H,4-5,9-10,16H2,1-3H3. The predicted octanol–water partition coefficient (Wildman–Crippen LogP) is 2.02. The zero-order valence-electron chi connectivity index (χ0n) is 11.6. The number of aryl methyl sites for hydroxylation is 2. The van der Waals surface area contributed by atoms with Gasteiger partial charge in [0.2, 0.25) is 0 Å². The molecule has 1 saturated heterocycles. The molecule has 1 aromatic carbocycles. The van der Waals surface area contributed by atoms with Crippen molar-refractivity contribution in [1.82, 2.24) is 4.90 Å². The number of benzene rings is 1. The Morgan fingerprint density at radius 1 is 1.33 bits per heavy atom. The van der Waals surface area contributed by atoms with E-state index in [2.05, 4.69) is 43.9 Å². The van der Waals surface area contributed by atoms with Gasteiger partial charge in [0.15, 0.2) is 0 Å². The summed E-state index contributed by atoms with van der Waals surface area (Å²) < 4.78 is 5.60. The molecule has 3 heteroatoms. The molecule has 18 heavy (non-hydrogen) atoms. The fraction of sp³-hybridized carbons (Fsp3) is 0.600. The van der Waals surface area contributed by atoms with Gasteiger partial charge in [0.25, 0.3) is 0 Å². The summed E-state index contributed by atoms with van der Waals surface area (Å²) in [5, 5.41) is 0. The zero-order valence-corrected chi connectivity index (χ0v) is 11.6. The Morgan fingerprint density at radius 3 is 2.56 bits per heavy atom. The molecule has 0 bridgehead atoms. The van der Waals surface area contributed by atoms with Crippen molar-refractivity contribution in [3.05, 3.63) is 34.9 Å². The van der Waals surface area contributed by atoms with E-state index in [1.165, 1.54) is 16.7 Å². The van der Waals surface area contributed by atoms with E-state index in [4.69, 9.17) is 10.5 Å². The molecule has 2 atom stereocenters. The van der Waals surface area contributed by atoms with Crippen molar-refractivity contribution in [3.63, 3.8) is 0 Å². The number of nitrogens with two attached hydrogens (primary N) is 1. The first-order valence-electron chi connectivity index (χ1n) is 6.74. The molecule has 0 amide bonds. The lowest BCUT2D eigenvalue weighted by Crippen LogP contribution is -2.45. The lowest BCUT2D eigenvalue weighted by atomic mass is 9.99. The molecule has 2 rings (SSSR count). The van der Waals surface area contributed by atoms with Crippen molar-refractivity contribution < 1.29 is 4.74 Å². The van der Waals surface area contributed by atoms with Crippen LogP contribution in [-0.2, 0) is 4.74 Å². The topological polar surface area (TPSA) is 38.5 Å². The summed E-state index contributed by atoms with van der Waals surface area (Å²) in [6.45, 7) is 9.82. The van der Waals surface area contributed by atoms with Gasteiger partial charge >= 0.3 is 0 Å². The molecule has 0 saturated carbocycles. The number of ether oxygens (including phenoxy) is 1. The van der Waals surface area contributed by atoms with Crippen LogP contribution in [0.5, 0.6) is 0 Å². The highest BCUT2D eigenvalue weighted by Crippen LogP contribution is 2.24. The minimum absolute atomic E-state index is 0.304. The first kappa shape index (κ1) is 13.5. The van der Waals surface area contributed by atoms with Crippen LogP contribution >= 0.6 is 0 Å². The molecule has 0 aromatic heterocycles. The predicted molar refractivity (Wildman–Crippen MR) is 74.7 cm³/mol. The zero-order chi connectivity index (χ0) is 13.1. The van der Waals surface area contributed by atoms with Crippen LogP contribution in [0, 0.1) is 13.8 Å². The Kier molecular flexibility index (Phi) is 4.38. The van der Waals surface area contributed by atoms with E-state index in [9.17, 15) is 0 Å². The Hall–Kier alpha value is -0.900. The second kappa shape index (κ2) is 5.83. The summed E-state index contributed by atoms with van der Waals surface area (Å²) >= 11 is 0. The molecule has 2 N–H and O–H groups in total. The molecular weight excluding hydrogens is 224 g/mol. The molecule has 3 nitrogen and oxygen atoms in total. The van der Waals surface area contributed by atoms with Crippen LogP contribution in [0.1, 0.15) is 29.7 Å². The lowest BCUT2D eigenvalue weighted by molar-refractivity contribution is -0.0333. The highest BCUT2D eigenvalue weighted by atomic mass is 16.5. The highest BCUT2D eigenvalue weighted by molar-refractivity contribution is 5.31. The molecule has 0 aliphatic carbocycles. The molecule has 1 fully saturated rings. The van der Waals surface area contributed by atoms with E-state index in [1.54, 1.807) is 0 Å². The third kappa shape index (κ3) is 3.10. The van der Waals surface area contributed by atoms with Crippen LogP contribution in [0.4, 0.5) is 0 Å². The number of hydrogen-bond donors (Lipinski definition) is 1. The van der Waals surface area contributed by atoms with E-state index in [0.29, 0.717) is 18.7 Å². The monoisotopic (exact) mass is 248 g/mol. The summed E-state index contributed by atoms with van der Waals surface area (Å²) in [5.41, 5.74) is 9.96. The molecule has 1 aliphatic heterocycles. The average Bonchev–Trinajstić information content (AvgIpc) is 2.28. The average molecular weight is 248 g/mol. The van der Waals surface area contributed by atoms with E-state index in [0.717, 1.165) is 19.7 Å². The van der Waals surface area contributed by atoms with E-state index in [-0.39, 0.29) is 0 Å². The van der Waals surface area contributed by atoms with Gasteiger partial charge in [-0.05, 0) is 26.3 Å². The minimum atomic E-state index is 0.304. The van der Waals surface area contributed by atoms with Crippen LogP contribution in [0.3, 0.4) is 0 Å². The number of morpholine rings is 1. The van der Waals surface area contributed by atoms with Crippen molar-refractivity contribution in [2.75, 3.05) is 26.2 Å². The van der Waals surface area contributed by atoms with Gasteiger partial charge in [-0.25, -0.2) is 0 Å². The van der Waals surface area contributed by atoms with Gasteiger partial charge in [-0.3, -0.25) is 4.90 Å². The minimum Gasteiger partial charge on any atom is -0.376 e. The maximum Gasteiger partial charge on any atom is 0.0674 e. The van der Waals surface area contributed by atoms with Gasteiger partial charge < -0.3 is 10.5 Å². The normalized spacial score (nSPS) is 23.0. The van der Waals surface area contributed by atoms with Crippen LogP contribution in [0.25, 0.3) is 0 Å². The quantitative estimate of drug-likeness (QED) is 0.889. The fourth-order valence-corrected chi connectivity index (χ4v) is 2.83. The van der Waals surface area contributed by atoms with Gasteiger partial charge in [-0.2, -0.15) is 0 Å². The Morgan fingerprint density at radius 2 is 2.00 bits per heavy atom. The van der Waals surface area contributed by atoms with Gasteiger partial charge in [0.1, 0.15) is 0 Å². The second-order valence-corrected chi connectivity index (χ2v) is 5.35. The molecule has 0 radical (unpaired) electrons. The van der Waals surface area contributed by atoms with Crippen LogP contribution in [0.15, 0.2) is 18.2 Å². The second-order valence-electron chi connectivity index (χ2n) is 5.35. The van der Waals surface area contributed by atoms with Gasteiger partial charge in [0, 0.05) is 25.7 Å². The maximum atomic E-state index is 6.00. The largest absolute Gasteiger partial charge is 0.376 e. The Balaban J connectivity index is 2.21. The molecule has 2 unspecified atom stereocenters. The van der Waals surface area contributed by atoms with Gasteiger partial charge in [0.05, 0.1) is 12.7 Å². The smallest absolute Gasteiger partial charge is 0.0674 e. The fourth-order valence-electron chi connectivity index (χ4n) is 2.83. The van der Waals surface area contributed by atoms with E-state index in [1.807, 2.05) is 0 Å². The first-order chi connectivity index (χ1) is 8.60. The molecule has 1 aromatic rings. The van der Waals surface area contributed by atoms with Gasteiger partial charge in [-0.1, -0.05) is 29.3 Å². The van der Waals surface area contributed by atoms with Crippen LogP contribution < -0.4 is 5.73 Å². The number of rotatable bonds is 3. The molecule has 1 aliphatic rings. The maximum absolute atomic E-state index is 6.00. The van der Waals surface area contributed by atoms with E-state index >= 15 is 0 Å². The summed E-state index contributed by atoms with van der Waals surface area (Å²) in [7, 11) is 0. The number of nitrogens with zero attached hydrogens (tertiary/aromatic N) is 1. The molecule has 0 spiro atoms. The Bertz CT molecular complexity index is 385. The summed E-state index contributed by atoms with van der Waals surface area (Å²) in [4.78, 5) is 2.45. The Labute approximate surface area is 110 Å². The van der Waals surface area contributed by atoms with Crippen molar-refractivity contribution in [1.29, 1.82) is 0 Å². The van der Waals surface area contributed by atoms with Gasteiger partial charge in [-0.15, -0.1) is 0 Å². The SMILES string of the molecule is Cc1cc(C)cc(C(CN)N2CCOC(C)C2)c1. The van der Waals surface area contributed by atoms with Crippen LogP contribution in [0.2, 0.25) is 0 Å². The van der Waals surface area contributed by atoms with Crippen molar-refractivity contribution >= 4 is 0 Å². The highest BCUT2D eigenvalue weighted by Gasteiger charge is 2.24. The van der Waals surface area contributed by atoms with Crippen molar-refractivity contribution in [2.45, 2.75) is 32.9 Å². The molecule has 1 heterocycles. The summed E-state index contributed by atoms with van der Waals surface area (Å²) in [5.74, 6) is 0. The summed E-state index contributed by atoms with van der Waals surface area (Å²) in [6.07, 6.45) is 0.304. The lowest BCUT2D eigenvalue weighted by Gasteiger charge is -2.37. The third-order valence-corrected chi connectivity index (χ3v) is 3.57. The summed E-state index contributed by atoms with van der Waals surface area (Å²) in [6, 6.07) is 7.03. The number of hydrogen-bond acceptors (Lipinski definition) is 3. The van der Waals surface area contributed by atoms with Crippen molar-refractivity contribution in [2.24, 2.45) is 5.73 Å². The molecular formula is C15H24N2O. The third-order valence-electron chi connectivity index (χ3n) is 3.57. The first-order valence-corrected chi connectivity index (χ1v) is 6.74. The molecule has 100 valence electrons.